The highest BCUT2D eigenvalue weighted by atomic mass is 16.5. The summed E-state index contributed by atoms with van der Waals surface area (Å²) in [5, 5.41) is 0. The Morgan fingerprint density at radius 2 is 0.963 bits per heavy atom. The van der Waals surface area contributed by atoms with Crippen molar-refractivity contribution in [2.45, 2.75) is 44.6 Å². The molecule has 0 saturated carbocycles. The van der Waals surface area contributed by atoms with Crippen LogP contribution in [0.15, 0.2) is 48.5 Å². The van der Waals surface area contributed by atoms with E-state index in [4.69, 9.17) is 4.74 Å². The number of anilines is 2. The number of methoxy groups -OCH3 is 1. The second-order valence-corrected chi connectivity index (χ2v) is 7.89. The Labute approximate surface area is 163 Å². The number of rotatable bonds is 5. The van der Waals surface area contributed by atoms with Crippen LogP contribution < -0.4 is 9.80 Å². The molecule has 3 nitrogen and oxygen atoms in total. The SMILES string of the molecule is COC(c1ccc(N2CCCCC2)cc1)c1ccc(N2CCCCC2)cc1. The first-order valence-electron chi connectivity index (χ1n) is 10.6. The summed E-state index contributed by atoms with van der Waals surface area (Å²) in [6.45, 7) is 4.74. The topological polar surface area (TPSA) is 15.7 Å². The molecule has 27 heavy (non-hydrogen) atoms. The zero-order valence-electron chi connectivity index (χ0n) is 16.6. The third-order valence-corrected chi connectivity index (χ3v) is 6.07. The molecule has 2 aromatic carbocycles. The number of nitrogens with zero attached hydrogens (tertiary/aromatic N) is 2. The van der Waals surface area contributed by atoms with Crippen LogP contribution in [0.1, 0.15) is 55.8 Å². The summed E-state index contributed by atoms with van der Waals surface area (Å²) in [6.07, 6.45) is 7.98. The largest absolute Gasteiger partial charge is 0.372 e. The van der Waals surface area contributed by atoms with Gasteiger partial charge in [-0.15, -0.1) is 0 Å². The molecule has 4 rings (SSSR count). The summed E-state index contributed by atoms with van der Waals surface area (Å²) in [4.78, 5) is 5.00. The van der Waals surface area contributed by atoms with Crippen molar-refractivity contribution in [1.82, 2.24) is 0 Å². The van der Waals surface area contributed by atoms with Gasteiger partial charge in [0.2, 0.25) is 0 Å². The Bertz CT molecular complexity index is 637. The van der Waals surface area contributed by atoms with Crippen LogP contribution in [0.25, 0.3) is 0 Å². The molecule has 0 aliphatic carbocycles. The molecule has 2 aliphatic rings. The van der Waals surface area contributed by atoms with Gasteiger partial charge in [0.05, 0.1) is 0 Å². The van der Waals surface area contributed by atoms with Crippen molar-refractivity contribution in [2.24, 2.45) is 0 Å². The fraction of sp³-hybridized carbons (Fsp3) is 0.500. The van der Waals surface area contributed by atoms with Crippen LogP contribution in [0, 0.1) is 0 Å². The molecular formula is C24H32N2O. The van der Waals surface area contributed by atoms with Crippen molar-refractivity contribution in [3.8, 4) is 0 Å². The standard InChI is InChI=1S/C24H32N2O/c1-27-24(20-8-12-22(13-9-20)25-16-4-2-5-17-25)21-10-14-23(15-11-21)26-18-6-3-7-19-26/h8-15,24H,2-7,16-19H2,1H3. The number of ether oxygens (including phenoxy) is 1. The molecule has 0 N–H and O–H groups in total. The second-order valence-electron chi connectivity index (χ2n) is 7.89. The Kier molecular flexibility index (Phi) is 5.98. The van der Waals surface area contributed by atoms with Crippen LogP contribution in [-0.4, -0.2) is 33.3 Å². The molecule has 0 bridgehead atoms. The summed E-state index contributed by atoms with van der Waals surface area (Å²) >= 11 is 0. The molecule has 0 radical (unpaired) electrons. The quantitative estimate of drug-likeness (QED) is 0.706. The van der Waals surface area contributed by atoms with E-state index in [-0.39, 0.29) is 6.10 Å². The van der Waals surface area contributed by atoms with Crippen molar-refractivity contribution in [3.63, 3.8) is 0 Å². The van der Waals surface area contributed by atoms with Gasteiger partial charge in [-0.1, -0.05) is 24.3 Å². The minimum atomic E-state index is -0.00388. The third-order valence-electron chi connectivity index (χ3n) is 6.07. The summed E-state index contributed by atoms with van der Waals surface area (Å²) in [5.74, 6) is 0. The Morgan fingerprint density at radius 3 is 1.30 bits per heavy atom. The molecule has 2 aliphatic heterocycles. The highest BCUT2D eigenvalue weighted by Crippen LogP contribution is 2.30. The molecule has 0 atom stereocenters. The van der Waals surface area contributed by atoms with E-state index in [0.29, 0.717) is 0 Å². The molecule has 0 spiro atoms. The van der Waals surface area contributed by atoms with Crippen LogP contribution >= 0.6 is 0 Å². The molecular weight excluding hydrogens is 332 g/mol. The Morgan fingerprint density at radius 1 is 0.593 bits per heavy atom. The molecule has 144 valence electrons. The lowest BCUT2D eigenvalue weighted by molar-refractivity contribution is 0.136. The summed E-state index contributed by atoms with van der Waals surface area (Å²) in [6, 6.07) is 18.0. The molecule has 0 aromatic heterocycles. The predicted octanol–water partition coefficient (Wildman–Crippen LogP) is 5.40. The van der Waals surface area contributed by atoms with Gasteiger partial charge in [-0.05, 0) is 73.9 Å². The first kappa shape index (κ1) is 18.4. The zero-order valence-corrected chi connectivity index (χ0v) is 16.6. The number of hydrogen-bond donors (Lipinski definition) is 0. The summed E-state index contributed by atoms with van der Waals surface area (Å²) in [5.41, 5.74) is 5.13. The van der Waals surface area contributed by atoms with Gasteiger partial charge in [0.25, 0.3) is 0 Å². The van der Waals surface area contributed by atoms with Crippen molar-refractivity contribution in [1.29, 1.82) is 0 Å². The first-order valence-corrected chi connectivity index (χ1v) is 10.6. The number of hydrogen-bond acceptors (Lipinski definition) is 3. The maximum Gasteiger partial charge on any atom is 0.107 e. The third kappa shape index (κ3) is 4.30. The highest BCUT2D eigenvalue weighted by molar-refractivity contribution is 5.51. The molecule has 2 fully saturated rings. The fourth-order valence-corrected chi connectivity index (χ4v) is 4.49. The summed E-state index contributed by atoms with van der Waals surface area (Å²) in [7, 11) is 1.81. The van der Waals surface area contributed by atoms with Crippen LogP contribution in [0.3, 0.4) is 0 Å². The Balaban J connectivity index is 1.47. The van der Waals surface area contributed by atoms with Crippen LogP contribution in [-0.2, 0) is 4.74 Å². The van der Waals surface area contributed by atoms with Crippen molar-refractivity contribution >= 4 is 11.4 Å². The molecule has 2 saturated heterocycles. The molecule has 2 aromatic rings. The van der Waals surface area contributed by atoms with Gasteiger partial charge in [0.15, 0.2) is 0 Å². The zero-order chi connectivity index (χ0) is 18.5. The van der Waals surface area contributed by atoms with E-state index >= 15 is 0 Å². The van der Waals surface area contributed by atoms with E-state index in [9.17, 15) is 0 Å². The number of piperidine rings is 2. The van der Waals surface area contributed by atoms with Gasteiger partial charge in [0.1, 0.15) is 6.10 Å². The molecule has 0 amide bonds. The first-order chi connectivity index (χ1) is 13.3. The van der Waals surface area contributed by atoms with E-state index in [1.165, 1.54) is 87.2 Å². The van der Waals surface area contributed by atoms with Gasteiger partial charge in [-0.3, -0.25) is 0 Å². The highest BCUT2D eigenvalue weighted by Gasteiger charge is 2.17. The van der Waals surface area contributed by atoms with Gasteiger partial charge >= 0.3 is 0 Å². The van der Waals surface area contributed by atoms with Gasteiger partial charge < -0.3 is 14.5 Å². The van der Waals surface area contributed by atoms with E-state index in [1.54, 1.807) is 0 Å². The van der Waals surface area contributed by atoms with E-state index in [1.807, 2.05) is 7.11 Å². The monoisotopic (exact) mass is 364 g/mol. The number of benzene rings is 2. The van der Waals surface area contributed by atoms with Crippen molar-refractivity contribution in [3.05, 3.63) is 59.7 Å². The van der Waals surface area contributed by atoms with E-state index < -0.39 is 0 Å². The average molecular weight is 365 g/mol. The minimum Gasteiger partial charge on any atom is -0.372 e. The average Bonchev–Trinajstić information content (AvgIpc) is 2.76. The fourth-order valence-electron chi connectivity index (χ4n) is 4.49. The van der Waals surface area contributed by atoms with Crippen LogP contribution in [0.5, 0.6) is 0 Å². The Hall–Kier alpha value is -2.00. The van der Waals surface area contributed by atoms with Crippen LogP contribution in [0.2, 0.25) is 0 Å². The van der Waals surface area contributed by atoms with Crippen molar-refractivity contribution in [2.75, 3.05) is 43.1 Å². The maximum absolute atomic E-state index is 5.87. The maximum atomic E-state index is 5.87. The predicted molar refractivity (Wildman–Crippen MR) is 114 cm³/mol. The van der Waals surface area contributed by atoms with Crippen LogP contribution in [0.4, 0.5) is 11.4 Å². The normalized spacial score (nSPS) is 18.1. The lowest BCUT2D eigenvalue weighted by Crippen LogP contribution is -2.29. The molecule has 3 heteroatoms. The lowest BCUT2D eigenvalue weighted by atomic mass is 10.00. The summed E-state index contributed by atoms with van der Waals surface area (Å²) < 4.78 is 5.87. The van der Waals surface area contributed by atoms with Gasteiger partial charge in [-0.25, -0.2) is 0 Å². The van der Waals surface area contributed by atoms with Crippen molar-refractivity contribution < 1.29 is 4.74 Å². The molecule has 2 heterocycles. The van der Waals surface area contributed by atoms with Gasteiger partial charge in [-0.2, -0.15) is 0 Å². The second kappa shape index (κ2) is 8.79. The molecule has 0 unspecified atom stereocenters. The smallest absolute Gasteiger partial charge is 0.107 e. The lowest BCUT2D eigenvalue weighted by Gasteiger charge is -2.29. The minimum absolute atomic E-state index is 0.00388. The van der Waals surface area contributed by atoms with Gasteiger partial charge in [0, 0.05) is 44.7 Å². The van der Waals surface area contributed by atoms with E-state index in [0.717, 1.165) is 0 Å². The van der Waals surface area contributed by atoms with E-state index in [2.05, 4.69) is 58.3 Å².